The minimum absolute atomic E-state index is 0.122. The summed E-state index contributed by atoms with van der Waals surface area (Å²) in [5, 5.41) is 3.05. The van der Waals surface area contributed by atoms with Crippen LogP contribution in [0, 0.1) is 6.92 Å². The number of esters is 1. The third kappa shape index (κ3) is 4.83. The van der Waals surface area contributed by atoms with Crippen LogP contribution in [0.15, 0.2) is 42.5 Å². The Morgan fingerprint density at radius 3 is 2.48 bits per heavy atom. The van der Waals surface area contributed by atoms with Crippen molar-refractivity contribution in [2.75, 3.05) is 12.4 Å². The van der Waals surface area contributed by atoms with Gasteiger partial charge >= 0.3 is 5.97 Å². The second-order valence-electron chi connectivity index (χ2n) is 5.22. The first kappa shape index (κ1) is 17.0. The fourth-order valence-corrected chi connectivity index (χ4v) is 2.30. The van der Waals surface area contributed by atoms with E-state index in [1.165, 1.54) is 18.7 Å². The number of carbonyl (C=O) groups is 2. The van der Waals surface area contributed by atoms with Gasteiger partial charge in [-0.25, -0.2) is 4.79 Å². The molecule has 1 N–H and O–H groups in total. The highest BCUT2D eigenvalue weighted by atomic mass is 35.5. The Hall–Kier alpha value is -2.33. The fourth-order valence-electron chi connectivity index (χ4n) is 2.11. The summed E-state index contributed by atoms with van der Waals surface area (Å²) in [4.78, 5) is 23.6. The SMILES string of the molecule is COC(=O)c1cc(NC(=O)CCc2ccc(C)cc2)ccc1Cl. The van der Waals surface area contributed by atoms with Crippen LogP contribution in [0.3, 0.4) is 0 Å². The van der Waals surface area contributed by atoms with Gasteiger partial charge in [-0.1, -0.05) is 41.4 Å². The normalized spacial score (nSPS) is 10.2. The van der Waals surface area contributed by atoms with Crippen LogP contribution in [-0.2, 0) is 16.0 Å². The van der Waals surface area contributed by atoms with Crippen molar-refractivity contribution in [2.45, 2.75) is 19.8 Å². The predicted molar refractivity (Wildman–Crippen MR) is 90.9 cm³/mol. The lowest BCUT2D eigenvalue weighted by atomic mass is 10.1. The predicted octanol–water partition coefficient (Wildman–Crippen LogP) is 4.01. The number of hydrogen-bond donors (Lipinski definition) is 1. The van der Waals surface area contributed by atoms with Gasteiger partial charge in [-0.05, 0) is 37.1 Å². The van der Waals surface area contributed by atoms with E-state index in [1.807, 2.05) is 31.2 Å². The first-order valence-electron chi connectivity index (χ1n) is 7.23. The van der Waals surface area contributed by atoms with E-state index in [0.29, 0.717) is 18.5 Å². The maximum absolute atomic E-state index is 12.0. The number of carbonyl (C=O) groups excluding carboxylic acids is 2. The third-order valence-corrected chi connectivity index (χ3v) is 3.75. The number of aryl methyl sites for hydroxylation is 2. The molecule has 0 heterocycles. The molecule has 1 amide bonds. The summed E-state index contributed by atoms with van der Waals surface area (Å²) >= 11 is 5.95. The molecular weight excluding hydrogens is 314 g/mol. The van der Waals surface area contributed by atoms with Gasteiger partial charge in [0.1, 0.15) is 0 Å². The number of amides is 1. The van der Waals surface area contributed by atoms with E-state index >= 15 is 0 Å². The molecule has 0 aliphatic rings. The lowest BCUT2D eigenvalue weighted by molar-refractivity contribution is -0.116. The summed E-state index contributed by atoms with van der Waals surface area (Å²) in [5.74, 6) is -0.658. The second kappa shape index (κ2) is 7.79. The van der Waals surface area contributed by atoms with Crippen molar-refractivity contribution in [2.24, 2.45) is 0 Å². The van der Waals surface area contributed by atoms with Gasteiger partial charge in [0.15, 0.2) is 0 Å². The van der Waals surface area contributed by atoms with E-state index < -0.39 is 5.97 Å². The van der Waals surface area contributed by atoms with Gasteiger partial charge in [0.05, 0.1) is 17.7 Å². The van der Waals surface area contributed by atoms with Crippen molar-refractivity contribution in [3.8, 4) is 0 Å². The maximum atomic E-state index is 12.0. The zero-order valence-corrected chi connectivity index (χ0v) is 13.8. The molecule has 4 nitrogen and oxygen atoms in total. The fraction of sp³-hybridized carbons (Fsp3) is 0.222. The highest BCUT2D eigenvalue weighted by Gasteiger charge is 2.12. The minimum Gasteiger partial charge on any atom is -0.465 e. The lowest BCUT2D eigenvalue weighted by Crippen LogP contribution is -2.13. The zero-order chi connectivity index (χ0) is 16.8. The topological polar surface area (TPSA) is 55.4 Å². The first-order chi connectivity index (χ1) is 11.0. The Labute approximate surface area is 140 Å². The number of benzene rings is 2. The van der Waals surface area contributed by atoms with Crippen LogP contribution in [0.2, 0.25) is 5.02 Å². The van der Waals surface area contributed by atoms with Crippen LogP contribution >= 0.6 is 11.6 Å². The molecule has 2 aromatic rings. The van der Waals surface area contributed by atoms with Crippen LogP contribution in [-0.4, -0.2) is 19.0 Å². The molecule has 0 aliphatic carbocycles. The summed E-state index contributed by atoms with van der Waals surface area (Å²) in [6.07, 6.45) is 1.02. The smallest absolute Gasteiger partial charge is 0.339 e. The molecule has 0 fully saturated rings. The molecule has 0 saturated heterocycles. The summed E-state index contributed by atoms with van der Waals surface area (Å²) in [6.45, 7) is 2.02. The highest BCUT2D eigenvalue weighted by Crippen LogP contribution is 2.21. The molecule has 23 heavy (non-hydrogen) atoms. The van der Waals surface area contributed by atoms with Crippen LogP contribution in [0.25, 0.3) is 0 Å². The van der Waals surface area contributed by atoms with Gasteiger partial charge in [-0.3, -0.25) is 4.79 Å². The van der Waals surface area contributed by atoms with E-state index in [-0.39, 0.29) is 16.5 Å². The maximum Gasteiger partial charge on any atom is 0.339 e. The Morgan fingerprint density at radius 1 is 1.13 bits per heavy atom. The average Bonchev–Trinajstić information content (AvgIpc) is 2.55. The molecule has 0 spiro atoms. The molecule has 0 aliphatic heterocycles. The summed E-state index contributed by atoms with van der Waals surface area (Å²) in [7, 11) is 1.28. The van der Waals surface area contributed by atoms with Gasteiger partial charge in [0, 0.05) is 12.1 Å². The summed E-state index contributed by atoms with van der Waals surface area (Å²) in [6, 6.07) is 12.8. The molecule has 120 valence electrons. The second-order valence-corrected chi connectivity index (χ2v) is 5.63. The molecule has 0 atom stereocenters. The summed E-state index contributed by atoms with van der Waals surface area (Å²) < 4.78 is 4.66. The Balaban J connectivity index is 1.97. The van der Waals surface area contributed by atoms with Gasteiger partial charge in [0.2, 0.25) is 5.91 Å². The average molecular weight is 332 g/mol. The molecule has 0 radical (unpaired) electrons. The Bertz CT molecular complexity index is 711. The molecule has 0 aromatic heterocycles. The first-order valence-corrected chi connectivity index (χ1v) is 7.60. The lowest BCUT2D eigenvalue weighted by Gasteiger charge is -2.08. The van der Waals surface area contributed by atoms with E-state index in [1.54, 1.807) is 12.1 Å². The number of methoxy groups -OCH3 is 1. The molecule has 0 saturated carbocycles. The van der Waals surface area contributed by atoms with Crippen molar-refractivity contribution in [1.29, 1.82) is 0 Å². The molecule has 0 bridgehead atoms. The Kier molecular flexibility index (Phi) is 5.77. The monoisotopic (exact) mass is 331 g/mol. The van der Waals surface area contributed by atoms with Crippen molar-refractivity contribution in [1.82, 2.24) is 0 Å². The number of ether oxygens (including phenoxy) is 1. The highest BCUT2D eigenvalue weighted by molar-refractivity contribution is 6.33. The van der Waals surface area contributed by atoms with Crippen LogP contribution in [0.5, 0.6) is 0 Å². The van der Waals surface area contributed by atoms with Gasteiger partial charge in [-0.2, -0.15) is 0 Å². The molecule has 5 heteroatoms. The van der Waals surface area contributed by atoms with Crippen molar-refractivity contribution in [3.05, 3.63) is 64.2 Å². The van der Waals surface area contributed by atoms with E-state index in [9.17, 15) is 9.59 Å². The van der Waals surface area contributed by atoms with Crippen molar-refractivity contribution in [3.63, 3.8) is 0 Å². The number of halogens is 1. The largest absolute Gasteiger partial charge is 0.465 e. The van der Waals surface area contributed by atoms with Crippen LogP contribution in [0.1, 0.15) is 27.9 Å². The standard InChI is InChI=1S/C18H18ClNO3/c1-12-3-5-13(6-4-12)7-10-17(21)20-14-8-9-16(19)15(11-14)18(22)23-2/h3-6,8-9,11H,7,10H2,1-2H3,(H,20,21). The molecular formula is C18H18ClNO3. The Morgan fingerprint density at radius 2 is 1.83 bits per heavy atom. The quantitative estimate of drug-likeness (QED) is 0.842. The van der Waals surface area contributed by atoms with Gasteiger partial charge in [0.25, 0.3) is 0 Å². The summed E-state index contributed by atoms with van der Waals surface area (Å²) in [5.41, 5.74) is 3.04. The van der Waals surface area contributed by atoms with Crippen molar-refractivity contribution < 1.29 is 14.3 Å². The third-order valence-electron chi connectivity index (χ3n) is 3.42. The zero-order valence-electron chi connectivity index (χ0n) is 13.1. The number of anilines is 1. The molecule has 2 rings (SSSR count). The van der Waals surface area contributed by atoms with Crippen molar-refractivity contribution >= 4 is 29.2 Å². The van der Waals surface area contributed by atoms with Gasteiger partial charge < -0.3 is 10.1 Å². The number of rotatable bonds is 5. The number of nitrogens with one attached hydrogen (secondary N) is 1. The van der Waals surface area contributed by atoms with Gasteiger partial charge in [-0.15, -0.1) is 0 Å². The van der Waals surface area contributed by atoms with E-state index in [2.05, 4.69) is 10.1 Å². The molecule has 0 unspecified atom stereocenters. The molecule has 2 aromatic carbocycles. The van der Waals surface area contributed by atoms with E-state index in [4.69, 9.17) is 11.6 Å². The van der Waals surface area contributed by atoms with E-state index in [0.717, 1.165) is 5.56 Å². The number of hydrogen-bond acceptors (Lipinski definition) is 3. The minimum atomic E-state index is -0.536. The van der Waals surface area contributed by atoms with Crippen LogP contribution in [0.4, 0.5) is 5.69 Å². The van der Waals surface area contributed by atoms with Crippen LogP contribution < -0.4 is 5.32 Å².